The van der Waals surface area contributed by atoms with Crippen LogP contribution in [0.2, 0.25) is 0 Å². The first-order valence-electron chi connectivity index (χ1n) is 24.4. The van der Waals surface area contributed by atoms with Crippen molar-refractivity contribution in [3.05, 3.63) is 29.8 Å². The van der Waals surface area contributed by atoms with Crippen molar-refractivity contribution in [2.24, 2.45) is 17.2 Å². The molecule has 1 aromatic rings. The van der Waals surface area contributed by atoms with Crippen molar-refractivity contribution in [2.75, 3.05) is 19.6 Å². The molecule has 0 bridgehead atoms. The number of nitrogens with one attached hydrogen (secondary N) is 6. The summed E-state index contributed by atoms with van der Waals surface area (Å²) in [6.07, 6.45) is 24.0. The number of phenols is 1. The highest BCUT2D eigenvalue weighted by Gasteiger charge is 2.31. The molecule has 17 nitrogen and oxygen atoms in total. The molecule has 0 radical (unpaired) electrons. The second kappa shape index (κ2) is 36.9. The van der Waals surface area contributed by atoms with Gasteiger partial charge >= 0.3 is 0 Å². The maximum absolute atomic E-state index is 14.0. The molecule has 1 rings (SSSR count). The highest BCUT2D eigenvalue weighted by molar-refractivity contribution is 5.96. The fourth-order valence-corrected chi connectivity index (χ4v) is 7.38. The number of hydrogen-bond acceptors (Lipinski definition) is 10. The van der Waals surface area contributed by atoms with E-state index in [0.717, 1.165) is 32.1 Å². The van der Waals surface area contributed by atoms with Crippen LogP contribution < -0.4 is 49.1 Å². The minimum absolute atomic E-state index is 0.0253. The van der Waals surface area contributed by atoms with E-state index in [1.165, 1.54) is 69.9 Å². The number of hydrogen-bond donors (Lipinski definition) is 10. The van der Waals surface area contributed by atoms with E-state index in [4.69, 9.17) is 23.6 Å². The van der Waals surface area contributed by atoms with Crippen molar-refractivity contribution in [1.82, 2.24) is 31.9 Å². The molecule has 1 aromatic carbocycles. The van der Waals surface area contributed by atoms with Crippen LogP contribution in [-0.2, 0) is 40.0 Å². The quantitative estimate of drug-likeness (QED) is 0.0339. The average molecular weight is 926 g/mol. The Morgan fingerprint density at radius 3 is 1.62 bits per heavy atom. The molecule has 1 unspecified atom stereocenters. The number of benzene rings is 1. The first kappa shape index (κ1) is 58.8. The average Bonchev–Trinajstić information content (AvgIpc) is 3.28. The monoisotopic (exact) mass is 926 g/mol. The molecule has 0 heterocycles. The third-order valence-electron chi connectivity index (χ3n) is 11.3. The molecule has 7 amide bonds. The molecule has 0 aromatic heterocycles. The summed E-state index contributed by atoms with van der Waals surface area (Å²) >= 11 is 0. The van der Waals surface area contributed by atoms with Gasteiger partial charge in [0, 0.05) is 31.7 Å². The van der Waals surface area contributed by atoms with E-state index >= 15 is 0 Å². The molecule has 0 aliphatic heterocycles. The van der Waals surface area contributed by atoms with Gasteiger partial charge in [-0.2, -0.15) is 0 Å². The number of primary amides is 1. The van der Waals surface area contributed by atoms with Crippen molar-refractivity contribution in [2.45, 2.75) is 198 Å². The summed E-state index contributed by atoms with van der Waals surface area (Å²) in [5.41, 5.74) is 17.3. The molecule has 0 aliphatic carbocycles. The number of terminal acetylenes is 1. The zero-order valence-corrected chi connectivity index (χ0v) is 39.9. The SMILES string of the molecule is C#CCC(NC(=O)CCCCCCCCCCCCCCC)C(=O)NCC(=O)N[C@@H](Cc1ccc(O)cc1)C(=O)N[C@@H](CCC(N)=O)C(=O)N[C@@H](CCCCN)C(=O)N[C@H](C)CCCCN. The Balaban J connectivity index is 2.95. The lowest BCUT2D eigenvalue weighted by Gasteiger charge is -2.26. The number of carbonyl (C=O) groups excluding carboxylic acids is 7. The van der Waals surface area contributed by atoms with Gasteiger partial charge in [0.15, 0.2) is 0 Å². The van der Waals surface area contributed by atoms with Gasteiger partial charge in [-0.25, -0.2) is 0 Å². The largest absolute Gasteiger partial charge is 0.508 e. The highest BCUT2D eigenvalue weighted by Crippen LogP contribution is 2.15. The molecule has 372 valence electrons. The van der Waals surface area contributed by atoms with Crippen LogP contribution in [0.1, 0.15) is 167 Å². The molecule has 0 saturated carbocycles. The number of carbonyl (C=O) groups is 7. The Labute approximate surface area is 393 Å². The van der Waals surface area contributed by atoms with E-state index in [1.54, 1.807) is 12.1 Å². The Morgan fingerprint density at radius 2 is 1.08 bits per heavy atom. The number of phenolic OH excluding ortho intramolecular Hbond substituents is 1. The predicted molar refractivity (Wildman–Crippen MR) is 258 cm³/mol. The van der Waals surface area contributed by atoms with Gasteiger partial charge in [-0.3, -0.25) is 33.6 Å². The van der Waals surface area contributed by atoms with Crippen LogP contribution in [0.4, 0.5) is 0 Å². The van der Waals surface area contributed by atoms with Crippen LogP contribution >= 0.6 is 0 Å². The summed E-state index contributed by atoms with van der Waals surface area (Å²) in [5.74, 6) is -2.11. The van der Waals surface area contributed by atoms with E-state index in [1.807, 2.05) is 6.92 Å². The number of rotatable bonds is 39. The molecule has 5 atom stereocenters. The standard InChI is InChI=1S/C49H83N9O8/c1-4-6-7-8-9-10-11-12-13-14-15-16-17-25-44(61)55-39(22-5-2)46(63)53-35-45(62)56-42(34-37-26-28-38(59)29-27-37)49(66)58-41(30-31-43(52)60)48(65)57-40(24-19-21-33-51)47(64)54-36(3)23-18-20-32-50/h2,26-29,36,39-42,59H,4,6-25,30-35,50-51H2,1,3H3,(H2,52,60)(H,53,63)(H,54,64)(H,55,61)(H,56,62)(H,57,65)(H,58,66)/t36-,39?,40+,41+,42+/m1/s1. The molecule has 17 heteroatoms. The van der Waals surface area contributed by atoms with E-state index in [9.17, 15) is 38.7 Å². The number of amides is 7. The van der Waals surface area contributed by atoms with Gasteiger partial charge in [0.1, 0.15) is 29.9 Å². The minimum atomic E-state index is -1.34. The summed E-state index contributed by atoms with van der Waals surface area (Å²) in [7, 11) is 0. The maximum Gasteiger partial charge on any atom is 0.244 e. The van der Waals surface area contributed by atoms with Crippen molar-refractivity contribution in [3.63, 3.8) is 0 Å². The Hall–Kier alpha value is -5.21. The highest BCUT2D eigenvalue weighted by atomic mass is 16.3. The lowest BCUT2D eigenvalue weighted by molar-refractivity contribution is -0.134. The van der Waals surface area contributed by atoms with Crippen LogP contribution in [0.15, 0.2) is 24.3 Å². The fourth-order valence-electron chi connectivity index (χ4n) is 7.38. The summed E-state index contributed by atoms with van der Waals surface area (Å²) in [6, 6.07) is 0.988. The lowest BCUT2D eigenvalue weighted by atomic mass is 10.0. The number of unbranched alkanes of at least 4 members (excludes halogenated alkanes) is 14. The summed E-state index contributed by atoms with van der Waals surface area (Å²) in [5, 5.41) is 25.9. The summed E-state index contributed by atoms with van der Waals surface area (Å²) < 4.78 is 0. The van der Waals surface area contributed by atoms with Crippen LogP contribution in [0.3, 0.4) is 0 Å². The number of nitrogens with two attached hydrogens (primary N) is 3. The van der Waals surface area contributed by atoms with Crippen LogP contribution in [-0.4, -0.2) is 96.3 Å². The lowest BCUT2D eigenvalue weighted by Crippen LogP contribution is -2.58. The Kier molecular flexibility index (Phi) is 32.9. The normalized spacial score (nSPS) is 13.2. The molecule has 0 aliphatic rings. The van der Waals surface area contributed by atoms with E-state index in [-0.39, 0.29) is 56.2 Å². The Morgan fingerprint density at radius 1 is 0.576 bits per heavy atom. The van der Waals surface area contributed by atoms with Gasteiger partial charge in [0.25, 0.3) is 0 Å². The molecule has 0 saturated heterocycles. The van der Waals surface area contributed by atoms with E-state index in [0.29, 0.717) is 44.3 Å². The molecular formula is C49H83N9O8. The molecule has 66 heavy (non-hydrogen) atoms. The van der Waals surface area contributed by atoms with Crippen molar-refractivity contribution in [3.8, 4) is 18.1 Å². The van der Waals surface area contributed by atoms with Gasteiger partial charge in [-0.15, -0.1) is 12.3 Å². The minimum Gasteiger partial charge on any atom is -0.508 e. The van der Waals surface area contributed by atoms with Gasteiger partial charge in [-0.1, -0.05) is 103 Å². The predicted octanol–water partition coefficient (Wildman–Crippen LogP) is 3.52. The maximum atomic E-state index is 14.0. The van der Waals surface area contributed by atoms with E-state index < -0.39 is 66.2 Å². The first-order valence-corrected chi connectivity index (χ1v) is 24.4. The first-order chi connectivity index (χ1) is 31.7. The van der Waals surface area contributed by atoms with E-state index in [2.05, 4.69) is 44.7 Å². The molecular weight excluding hydrogens is 843 g/mol. The van der Waals surface area contributed by atoms with Gasteiger partial charge in [0.2, 0.25) is 41.4 Å². The third-order valence-corrected chi connectivity index (χ3v) is 11.3. The molecule has 0 spiro atoms. The second-order valence-corrected chi connectivity index (χ2v) is 17.3. The topological polar surface area (TPSA) is 290 Å². The molecule has 13 N–H and O–H groups in total. The third kappa shape index (κ3) is 28.6. The fraction of sp³-hybridized carbons (Fsp3) is 0.694. The second-order valence-electron chi connectivity index (χ2n) is 17.3. The van der Waals surface area contributed by atoms with Crippen LogP contribution in [0, 0.1) is 12.3 Å². The van der Waals surface area contributed by atoms with Crippen molar-refractivity contribution in [1.29, 1.82) is 0 Å². The van der Waals surface area contributed by atoms with Gasteiger partial charge < -0.3 is 54.2 Å². The summed E-state index contributed by atoms with van der Waals surface area (Å²) in [4.78, 5) is 92.3. The number of aromatic hydroxyl groups is 1. The zero-order chi connectivity index (χ0) is 49.0. The molecule has 0 fully saturated rings. The van der Waals surface area contributed by atoms with Crippen LogP contribution in [0.5, 0.6) is 5.75 Å². The van der Waals surface area contributed by atoms with Crippen LogP contribution in [0.25, 0.3) is 0 Å². The van der Waals surface area contributed by atoms with Crippen molar-refractivity contribution >= 4 is 41.4 Å². The van der Waals surface area contributed by atoms with Crippen molar-refractivity contribution < 1.29 is 38.7 Å². The summed E-state index contributed by atoms with van der Waals surface area (Å²) in [6.45, 7) is 4.41. The zero-order valence-electron chi connectivity index (χ0n) is 39.9. The Bertz CT molecular complexity index is 1620. The van der Waals surface area contributed by atoms with Gasteiger partial charge in [0.05, 0.1) is 6.54 Å². The smallest absolute Gasteiger partial charge is 0.244 e. The van der Waals surface area contributed by atoms with Gasteiger partial charge in [-0.05, 0) is 82.7 Å².